The van der Waals surface area contributed by atoms with Crippen molar-refractivity contribution < 1.29 is 5.11 Å². The molecule has 2 atom stereocenters. The van der Waals surface area contributed by atoms with E-state index < -0.39 is 0 Å². The first-order valence-corrected chi connectivity index (χ1v) is 11.0. The number of hydrogen-bond donors (Lipinski definition) is 1. The van der Waals surface area contributed by atoms with Gasteiger partial charge in [0.1, 0.15) is 18.0 Å². The number of anilines is 2. The molecule has 3 fully saturated rings. The summed E-state index contributed by atoms with van der Waals surface area (Å²) in [7, 11) is 0. The average molecular weight is 374 g/mol. The van der Waals surface area contributed by atoms with E-state index in [-0.39, 0.29) is 6.61 Å². The van der Waals surface area contributed by atoms with Crippen molar-refractivity contribution in [3.05, 3.63) is 12.4 Å². The van der Waals surface area contributed by atoms with Gasteiger partial charge < -0.3 is 14.9 Å². The van der Waals surface area contributed by atoms with Gasteiger partial charge in [0.2, 0.25) is 0 Å². The lowest BCUT2D eigenvalue weighted by atomic mass is 9.99. The van der Waals surface area contributed by atoms with Crippen LogP contribution in [0.25, 0.3) is 0 Å². The summed E-state index contributed by atoms with van der Waals surface area (Å²) in [4.78, 5) is 16.7. The highest BCUT2D eigenvalue weighted by atomic mass is 16.3. The molecule has 0 aromatic carbocycles. The minimum absolute atomic E-state index is 0.276. The van der Waals surface area contributed by atoms with Gasteiger partial charge in [-0.2, -0.15) is 0 Å². The van der Waals surface area contributed by atoms with E-state index in [0.29, 0.717) is 12.0 Å². The number of nitrogens with zero attached hydrogens (tertiary/aromatic N) is 5. The molecule has 6 heteroatoms. The topological polar surface area (TPSA) is 55.7 Å². The van der Waals surface area contributed by atoms with Crippen molar-refractivity contribution >= 4 is 11.6 Å². The molecule has 0 bridgehead atoms. The van der Waals surface area contributed by atoms with Crippen molar-refractivity contribution in [3.63, 3.8) is 0 Å². The van der Waals surface area contributed by atoms with Crippen LogP contribution in [0.15, 0.2) is 12.4 Å². The molecule has 0 amide bonds. The number of hydrogen-bond acceptors (Lipinski definition) is 6. The van der Waals surface area contributed by atoms with Gasteiger partial charge in [-0.3, -0.25) is 4.90 Å². The fraction of sp³-hybridized carbons (Fsp3) is 0.810. The summed E-state index contributed by atoms with van der Waals surface area (Å²) in [6.07, 6.45) is 12.0. The van der Waals surface area contributed by atoms with Crippen LogP contribution < -0.4 is 9.80 Å². The lowest BCUT2D eigenvalue weighted by Gasteiger charge is -2.40. The summed E-state index contributed by atoms with van der Waals surface area (Å²) in [5.41, 5.74) is 0. The molecular formula is C21H35N5O. The molecule has 0 radical (unpaired) electrons. The fourth-order valence-corrected chi connectivity index (χ4v) is 5.03. The molecule has 6 nitrogen and oxygen atoms in total. The molecule has 3 saturated heterocycles. The number of piperidine rings is 2. The molecule has 27 heavy (non-hydrogen) atoms. The van der Waals surface area contributed by atoms with Crippen molar-refractivity contribution in [2.75, 3.05) is 55.7 Å². The van der Waals surface area contributed by atoms with Crippen LogP contribution in [0.3, 0.4) is 0 Å². The monoisotopic (exact) mass is 373 g/mol. The van der Waals surface area contributed by atoms with E-state index >= 15 is 0 Å². The zero-order chi connectivity index (χ0) is 18.5. The maximum absolute atomic E-state index is 9.51. The van der Waals surface area contributed by atoms with E-state index in [0.717, 1.165) is 50.7 Å². The average Bonchev–Trinajstić information content (AvgIpc) is 3.04. The highest BCUT2D eigenvalue weighted by molar-refractivity contribution is 5.50. The van der Waals surface area contributed by atoms with Crippen molar-refractivity contribution in [1.29, 1.82) is 0 Å². The fourth-order valence-electron chi connectivity index (χ4n) is 5.03. The highest BCUT2D eigenvalue weighted by Crippen LogP contribution is 2.27. The second-order valence-corrected chi connectivity index (χ2v) is 8.56. The first-order chi connectivity index (χ1) is 13.3. The van der Waals surface area contributed by atoms with Crippen LogP contribution >= 0.6 is 0 Å². The zero-order valence-electron chi connectivity index (χ0n) is 16.6. The van der Waals surface area contributed by atoms with Gasteiger partial charge in [0, 0.05) is 44.9 Å². The molecule has 0 spiro atoms. The molecule has 4 heterocycles. The summed E-state index contributed by atoms with van der Waals surface area (Å²) in [6, 6.07) is 2.84. The first-order valence-electron chi connectivity index (χ1n) is 11.0. The Bertz CT molecular complexity index is 590. The molecule has 3 aliphatic rings. The minimum Gasteiger partial charge on any atom is -0.396 e. The van der Waals surface area contributed by atoms with Gasteiger partial charge >= 0.3 is 0 Å². The summed E-state index contributed by atoms with van der Waals surface area (Å²) in [5, 5.41) is 9.51. The van der Waals surface area contributed by atoms with Crippen molar-refractivity contribution in [1.82, 2.24) is 14.9 Å². The summed E-state index contributed by atoms with van der Waals surface area (Å²) in [5.74, 6) is 2.47. The second kappa shape index (κ2) is 9.20. The Hall–Kier alpha value is -1.40. The Morgan fingerprint density at radius 3 is 2.19 bits per heavy atom. The van der Waals surface area contributed by atoms with Gasteiger partial charge in [-0.15, -0.1) is 0 Å². The second-order valence-electron chi connectivity index (χ2n) is 8.56. The van der Waals surface area contributed by atoms with Crippen LogP contribution in [0.1, 0.15) is 51.4 Å². The Morgan fingerprint density at radius 1 is 0.815 bits per heavy atom. The largest absolute Gasteiger partial charge is 0.396 e. The van der Waals surface area contributed by atoms with E-state index in [2.05, 4.69) is 30.7 Å². The molecular weight excluding hydrogens is 338 g/mol. The Kier molecular flexibility index (Phi) is 6.45. The summed E-state index contributed by atoms with van der Waals surface area (Å²) < 4.78 is 0. The minimum atomic E-state index is 0.276. The predicted octanol–water partition coefficient (Wildman–Crippen LogP) is 2.53. The van der Waals surface area contributed by atoms with E-state index in [1.54, 1.807) is 6.33 Å². The van der Waals surface area contributed by atoms with Gasteiger partial charge in [-0.25, -0.2) is 9.97 Å². The molecule has 0 saturated carbocycles. The van der Waals surface area contributed by atoms with Crippen molar-refractivity contribution in [2.45, 2.75) is 57.4 Å². The maximum atomic E-state index is 9.51. The molecule has 4 rings (SSSR count). The van der Waals surface area contributed by atoms with Crippen LogP contribution in [-0.4, -0.2) is 71.9 Å². The molecule has 0 aliphatic carbocycles. The third-order valence-corrected chi connectivity index (χ3v) is 6.62. The SMILES string of the molecule is OCC1CCCN(c2cc(N3CCCC(N4CCCCCC4)C3)ncn2)C1. The van der Waals surface area contributed by atoms with E-state index in [4.69, 9.17) is 0 Å². The smallest absolute Gasteiger partial charge is 0.134 e. The van der Waals surface area contributed by atoms with Crippen LogP contribution in [0.4, 0.5) is 11.6 Å². The molecule has 1 aromatic rings. The summed E-state index contributed by atoms with van der Waals surface area (Å²) in [6.45, 7) is 6.94. The molecule has 1 aromatic heterocycles. The number of aliphatic hydroxyl groups excluding tert-OH is 1. The van der Waals surface area contributed by atoms with Gasteiger partial charge in [0.15, 0.2) is 0 Å². The van der Waals surface area contributed by atoms with Gasteiger partial charge in [-0.05, 0) is 57.5 Å². The number of rotatable bonds is 4. The lowest BCUT2D eigenvalue weighted by molar-refractivity contribution is 0.182. The number of likely N-dealkylation sites (tertiary alicyclic amines) is 1. The van der Waals surface area contributed by atoms with E-state index in [9.17, 15) is 5.11 Å². The van der Waals surface area contributed by atoms with E-state index in [1.807, 2.05) is 0 Å². The standard InChI is InChI=1S/C21H35N5O/c27-16-18-7-5-11-25(14-18)20-13-21(23-17-22-20)26-12-6-8-19(15-26)24-9-3-1-2-4-10-24/h13,17-19,27H,1-12,14-16H2. The molecule has 150 valence electrons. The van der Waals surface area contributed by atoms with Crippen LogP contribution in [0, 0.1) is 5.92 Å². The van der Waals surface area contributed by atoms with Gasteiger partial charge in [-0.1, -0.05) is 12.8 Å². The van der Waals surface area contributed by atoms with Crippen molar-refractivity contribution in [3.8, 4) is 0 Å². The molecule has 2 unspecified atom stereocenters. The van der Waals surface area contributed by atoms with Crippen LogP contribution in [0.2, 0.25) is 0 Å². The van der Waals surface area contributed by atoms with Gasteiger partial charge in [0.05, 0.1) is 0 Å². The number of aromatic nitrogens is 2. The number of aliphatic hydroxyl groups is 1. The Labute approximate surface area is 163 Å². The predicted molar refractivity (Wildman–Crippen MR) is 109 cm³/mol. The molecule has 1 N–H and O–H groups in total. The Morgan fingerprint density at radius 2 is 1.48 bits per heavy atom. The lowest BCUT2D eigenvalue weighted by Crippen LogP contribution is -2.48. The Balaban J connectivity index is 1.43. The quantitative estimate of drug-likeness (QED) is 0.875. The van der Waals surface area contributed by atoms with Crippen LogP contribution in [0.5, 0.6) is 0 Å². The zero-order valence-corrected chi connectivity index (χ0v) is 16.6. The third kappa shape index (κ3) is 4.72. The summed E-state index contributed by atoms with van der Waals surface area (Å²) >= 11 is 0. The molecule has 3 aliphatic heterocycles. The first kappa shape index (κ1) is 18.9. The maximum Gasteiger partial charge on any atom is 0.134 e. The normalized spacial score (nSPS) is 28.2. The van der Waals surface area contributed by atoms with Crippen molar-refractivity contribution in [2.24, 2.45) is 5.92 Å². The van der Waals surface area contributed by atoms with Gasteiger partial charge in [0.25, 0.3) is 0 Å². The highest BCUT2D eigenvalue weighted by Gasteiger charge is 2.27. The van der Waals surface area contributed by atoms with E-state index in [1.165, 1.54) is 51.6 Å². The third-order valence-electron chi connectivity index (χ3n) is 6.62. The van der Waals surface area contributed by atoms with Crippen LogP contribution in [-0.2, 0) is 0 Å².